The Morgan fingerprint density at radius 1 is 1.47 bits per heavy atom. The maximum absolute atomic E-state index is 11.5. The highest BCUT2D eigenvalue weighted by Crippen LogP contribution is 2.07. The van der Waals surface area contributed by atoms with Gasteiger partial charge in [-0.05, 0) is 0 Å². The van der Waals surface area contributed by atoms with E-state index in [4.69, 9.17) is 10.2 Å². The minimum Gasteiger partial charge on any atom is -0.480 e. The quantitative estimate of drug-likeness (QED) is 0.530. The summed E-state index contributed by atoms with van der Waals surface area (Å²) in [6.07, 6.45) is 0. The molecule has 1 amide bonds. The molecule has 0 fully saturated rings. The summed E-state index contributed by atoms with van der Waals surface area (Å²) in [6, 6.07) is -1.36. The van der Waals surface area contributed by atoms with Gasteiger partial charge >= 0.3 is 5.97 Å². The summed E-state index contributed by atoms with van der Waals surface area (Å²) in [7, 11) is 0. The summed E-state index contributed by atoms with van der Waals surface area (Å²) >= 11 is 0. The van der Waals surface area contributed by atoms with Crippen molar-refractivity contribution in [1.82, 2.24) is 20.5 Å². The van der Waals surface area contributed by atoms with Crippen LogP contribution in [0.2, 0.25) is 0 Å². The Labute approximate surface area is 97.1 Å². The largest absolute Gasteiger partial charge is 0.480 e. The highest BCUT2D eigenvalue weighted by atomic mass is 16.4. The maximum Gasteiger partial charge on any atom is 0.328 e. The lowest BCUT2D eigenvalue weighted by Gasteiger charge is -2.09. The Kier molecular flexibility index (Phi) is 4.16. The zero-order chi connectivity index (χ0) is 13.0. The van der Waals surface area contributed by atoms with E-state index in [9.17, 15) is 9.59 Å². The Morgan fingerprint density at radius 2 is 2.12 bits per heavy atom. The van der Waals surface area contributed by atoms with E-state index < -0.39 is 24.5 Å². The Morgan fingerprint density at radius 3 is 2.53 bits per heavy atom. The van der Waals surface area contributed by atoms with Gasteiger partial charge in [0.25, 0.3) is 5.91 Å². The van der Waals surface area contributed by atoms with Crippen LogP contribution in [0.15, 0.2) is 0 Å². The molecule has 0 aliphatic carbocycles. The van der Waals surface area contributed by atoms with Crippen LogP contribution < -0.4 is 5.32 Å². The number of carboxylic acids is 1. The first kappa shape index (κ1) is 13.1. The zero-order valence-corrected chi connectivity index (χ0v) is 9.47. The molecule has 1 unspecified atom stereocenters. The number of amides is 1. The molecule has 0 spiro atoms. The number of aliphatic carboxylic acids is 1. The third-order valence-electron chi connectivity index (χ3n) is 2.04. The monoisotopic (exact) mass is 242 g/mol. The van der Waals surface area contributed by atoms with Gasteiger partial charge in [-0.15, -0.1) is 5.10 Å². The normalized spacial score (nSPS) is 12.5. The molecule has 0 saturated heterocycles. The fourth-order valence-electron chi connectivity index (χ4n) is 1.04. The molecule has 0 aliphatic heterocycles. The van der Waals surface area contributed by atoms with Crippen molar-refractivity contribution >= 4 is 11.9 Å². The number of aliphatic hydroxyl groups is 1. The maximum atomic E-state index is 11.5. The number of H-pyrrole nitrogens is 1. The third-order valence-corrected chi connectivity index (χ3v) is 2.04. The lowest BCUT2D eigenvalue weighted by atomic mass is 10.2. The van der Waals surface area contributed by atoms with Crippen LogP contribution in [0.1, 0.15) is 36.2 Å². The number of nitrogens with one attached hydrogen (secondary N) is 2. The van der Waals surface area contributed by atoms with Crippen LogP contribution in [0.3, 0.4) is 0 Å². The van der Waals surface area contributed by atoms with E-state index in [0.717, 1.165) is 0 Å². The zero-order valence-electron chi connectivity index (χ0n) is 9.47. The van der Waals surface area contributed by atoms with Gasteiger partial charge in [-0.25, -0.2) is 9.78 Å². The molecule has 0 saturated carbocycles. The number of hydrogen-bond donors (Lipinski definition) is 4. The second-order valence-electron chi connectivity index (χ2n) is 3.75. The number of carbonyl (C=O) groups excluding carboxylic acids is 1. The van der Waals surface area contributed by atoms with Crippen molar-refractivity contribution in [2.45, 2.75) is 25.8 Å². The number of aliphatic hydroxyl groups excluding tert-OH is 1. The molecule has 94 valence electrons. The smallest absolute Gasteiger partial charge is 0.328 e. The highest BCUT2D eigenvalue weighted by Gasteiger charge is 2.22. The number of rotatable bonds is 5. The fraction of sp³-hybridized carbons (Fsp3) is 0.556. The van der Waals surface area contributed by atoms with E-state index in [0.29, 0.717) is 5.82 Å². The van der Waals surface area contributed by atoms with Gasteiger partial charge in [0, 0.05) is 5.92 Å². The van der Waals surface area contributed by atoms with E-state index in [1.54, 1.807) is 0 Å². The lowest BCUT2D eigenvalue weighted by Crippen LogP contribution is -2.43. The average Bonchev–Trinajstić information content (AvgIpc) is 2.74. The summed E-state index contributed by atoms with van der Waals surface area (Å²) in [6.45, 7) is 3.05. The summed E-state index contributed by atoms with van der Waals surface area (Å²) in [5, 5.41) is 25.7. The van der Waals surface area contributed by atoms with Crippen LogP contribution in [0.25, 0.3) is 0 Å². The molecule has 0 aliphatic rings. The van der Waals surface area contributed by atoms with Crippen molar-refractivity contribution in [3.8, 4) is 0 Å². The van der Waals surface area contributed by atoms with E-state index in [1.807, 2.05) is 13.8 Å². The number of aromatic amines is 1. The van der Waals surface area contributed by atoms with Gasteiger partial charge in [0.1, 0.15) is 5.82 Å². The van der Waals surface area contributed by atoms with Crippen LogP contribution in [-0.2, 0) is 4.79 Å². The number of carboxylic acid groups (broad SMARTS) is 1. The van der Waals surface area contributed by atoms with E-state index in [-0.39, 0.29) is 11.7 Å². The molecule has 1 aromatic heterocycles. The molecular weight excluding hydrogens is 228 g/mol. The van der Waals surface area contributed by atoms with E-state index in [2.05, 4.69) is 20.5 Å². The van der Waals surface area contributed by atoms with Crippen LogP contribution in [-0.4, -0.2) is 49.9 Å². The van der Waals surface area contributed by atoms with Gasteiger partial charge in [-0.2, -0.15) is 0 Å². The predicted molar refractivity (Wildman–Crippen MR) is 56.4 cm³/mol. The Bertz CT molecular complexity index is 415. The van der Waals surface area contributed by atoms with Crippen molar-refractivity contribution in [3.05, 3.63) is 11.6 Å². The first-order chi connectivity index (χ1) is 7.95. The molecular formula is C9H14N4O4. The van der Waals surface area contributed by atoms with Crippen molar-refractivity contribution in [2.24, 2.45) is 0 Å². The minimum absolute atomic E-state index is 0.0807. The SMILES string of the molecule is CC(C)c1nc(C(=O)NC(CO)C(=O)O)n[nH]1. The Balaban J connectivity index is 2.72. The molecule has 4 N–H and O–H groups in total. The summed E-state index contributed by atoms with van der Waals surface area (Å²) in [4.78, 5) is 26.0. The number of carbonyl (C=O) groups is 2. The van der Waals surface area contributed by atoms with E-state index >= 15 is 0 Å². The molecule has 0 bridgehead atoms. The second kappa shape index (κ2) is 5.39. The molecule has 1 rings (SSSR count). The van der Waals surface area contributed by atoms with Gasteiger partial charge in [-0.3, -0.25) is 9.89 Å². The molecule has 0 aromatic carbocycles. The molecule has 1 aromatic rings. The highest BCUT2D eigenvalue weighted by molar-refractivity contribution is 5.93. The van der Waals surface area contributed by atoms with Crippen molar-refractivity contribution in [3.63, 3.8) is 0 Å². The van der Waals surface area contributed by atoms with Gasteiger partial charge < -0.3 is 15.5 Å². The summed E-state index contributed by atoms with van der Waals surface area (Å²) < 4.78 is 0. The summed E-state index contributed by atoms with van der Waals surface area (Å²) in [5.74, 6) is -1.59. The van der Waals surface area contributed by atoms with Crippen LogP contribution >= 0.6 is 0 Å². The Hall–Kier alpha value is -1.96. The molecule has 8 nitrogen and oxygen atoms in total. The lowest BCUT2D eigenvalue weighted by molar-refractivity contribution is -0.140. The fourth-order valence-corrected chi connectivity index (χ4v) is 1.04. The van der Waals surface area contributed by atoms with Crippen LogP contribution in [0.4, 0.5) is 0 Å². The van der Waals surface area contributed by atoms with E-state index in [1.165, 1.54) is 0 Å². The second-order valence-corrected chi connectivity index (χ2v) is 3.75. The van der Waals surface area contributed by atoms with Crippen molar-refractivity contribution < 1.29 is 19.8 Å². The third kappa shape index (κ3) is 3.25. The minimum atomic E-state index is -1.36. The van der Waals surface area contributed by atoms with Gasteiger partial charge in [0.15, 0.2) is 6.04 Å². The van der Waals surface area contributed by atoms with Crippen molar-refractivity contribution in [1.29, 1.82) is 0 Å². The molecule has 1 atom stereocenters. The van der Waals surface area contributed by atoms with Crippen LogP contribution in [0.5, 0.6) is 0 Å². The molecule has 0 radical (unpaired) electrons. The standard InChI is InChI=1S/C9H14N4O4/c1-4(2)6-11-7(13-12-6)8(15)10-5(3-14)9(16)17/h4-5,14H,3H2,1-2H3,(H,10,15)(H,16,17)(H,11,12,13). The first-order valence-electron chi connectivity index (χ1n) is 5.02. The van der Waals surface area contributed by atoms with Gasteiger partial charge in [0.2, 0.25) is 5.82 Å². The molecule has 8 heteroatoms. The number of nitrogens with zero attached hydrogens (tertiary/aromatic N) is 2. The molecule has 17 heavy (non-hydrogen) atoms. The van der Waals surface area contributed by atoms with Gasteiger partial charge in [0.05, 0.1) is 6.61 Å². The average molecular weight is 242 g/mol. The number of hydrogen-bond acceptors (Lipinski definition) is 5. The summed E-state index contributed by atoms with van der Waals surface area (Å²) in [5.41, 5.74) is 0. The van der Waals surface area contributed by atoms with Gasteiger partial charge in [-0.1, -0.05) is 13.8 Å². The number of aromatic nitrogens is 3. The predicted octanol–water partition coefficient (Wildman–Crippen LogP) is -0.897. The van der Waals surface area contributed by atoms with Crippen molar-refractivity contribution in [2.75, 3.05) is 6.61 Å². The van der Waals surface area contributed by atoms with Crippen LogP contribution in [0, 0.1) is 0 Å². The molecule has 1 heterocycles. The topological polar surface area (TPSA) is 128 Å². The first-order valence-corrected chi connectivity index (χ1v) is 5.02.